The molecular weight excluding hydrogens is 402 g/mol. The number of aryl methyl sites for hydroxylation is 1. The van der Waals surface area contributed by atoms with Crippen LogP contribution in [0.5, 0.6) is 11.5 Å². The predicted molar refractivity (Wildman–Crippen MR) is 127 cm³/mol. The third kappa shape index (κ3) is 3.70. The molecule has 0 atom stereocenters. The topological polar surface area (TPSA) is 55.1 Å². The van der Waals surface area contributed by atoms with Gasteiger partial charge in [-0.2, -0.15) is 0 Å². The second-order valence-electron chi connectivity index (χ2n) is 7.98. The monoisotopic (exact) mass is 429 g/mol. The fourth-order valence-electron chi connectivity index (χ4n) is 4.19. The van der Waals surface area contributed by atoms with Crippen molar-refractivity contribution in [1.29, 1.82) is 0 Å². The Bertz CT molecular complexity index is 1230. The van der Waals surface area contributed by atoms with Crippen molar-refractivity contribution in [3.05, 3.63) is 66.5 Å². The van der Waals surface area contributed by atoms with Gasteiger partial charge in [0.15, 0.2) is 11.5 Å². The molecule has 0 aliphatic carbocycles. The van der Waals surface area contributed by atoms with Crippen LogP contribution < -0.4 is 19.3 Å². The van der Waals surface area contributed by atoms with Gasteiger partial charge in [-0.1, -0.05) is 17.7 Å². The van der Waals surface area contributed by atoms with Crippen molar-refractivity contribution in [3.63, 3.8) is 0 Å². The smallest absolute Gasteiger partial charge is 0.212 e. The van der Waals surface area contributed by atoms with Gasteiger partial charge < -0.3 is 19.3 Å². The standard InChI is InChI=1S/C25H27N5O2/c1-18-4-7-20(8-5-18)28-12-14-29(15-13-28)25-27-21(17-24-26-10-11-30(24)25)19-6-9-22(31-2)23(16-19)32-3/h4-11,16-17H,12-15H2,1-3H3. The van der Waals surface area contributed by atoms with Crippen LogP contribution in [-0.2, 0) is 0 Å². The molecule has 0 N–H and O–H groups in total. The van der Waals surface area contributed by atoms with Crippen molar-refractivity contribution in [1.82, 2.24) is 14.4 Å². The Labute approximate surface area is 187 Å². The highest BCUT2D eigenvalue weighted by Gasteiger charge is 2.21. The summed E-state index contributed by atoms with van der Waals surface area (Å²) in [6, 6.07) is 16.6. The molecule has 0 unspecified atom stereocenters. The second-order valence-corrected chi connectivity index (χ2v) is 7.98. The number of hydrogen-bond acceptors (Lipinski definition) is 6. The highest BCUT2D eigenvalue weighted by molar-refractivity contribution is 5.69. The van der Waals surface area contributed by atoms with Gasteiger partial charge in [-0.15, -0.1) is 0 Å². The summed E-state index contributed by atoms with van der Waals surface area (Å²) in [6.45, 7) is 5.80. The van der Waals surface area contributed by atoms with Crippen molar-refractivity contribution in [2.75, 3.05) is 50.2 Å². The second kappa shape index (κ2) is 8.42. The lowest BCUT2D eigenvalue weighted by Crippen LogP contribution is -2.47. The minimum atomic E-state index is 0.684. The molecule has 7 nitrogen and oxygen atoms in total. The lowest BCUT2D eigenvalue weighted by Gasteiger charge is -2.37. The van der Waals surface area contributed by atoms with Gasteiger partial charge in [0.25, 0.3) is 0 Å². The molecule has 0 radical (unpaired) electrons. The Kier molecular flexibility index (Phi) is 5.31. The fourth-order valence-corrected chi connectivity index (χ4v) is 4.19. The molecule has 32 heavy (non-hydrogen) atoms. The van der Waals surface area contributed by atoms with E-state index in [0.717, 1.165) is 49.0 Å². The highest BCUT2D eigenvalue weighted by Crippen LogP contribution is 2.33. The lowest BCUT2D eigenvalue weighted by atomic mass is 10.1. The molecule has 5 rings (SSSR count). The summed E-state index contributed by atoms with van der Waals surface area (Å²) in [5, 5.41) is 0. The number of rotatable bonds is 5. The van der Waals surface area contributed by atoms with Gasteiger partial charge in [-0.3, -0.25) is 4.40 Å². The predicted octanol–water partition coefficient (Wildman–Crippen LogP) is 4.05. The Morgan fingerprint density at radius 1 is 0.812 bits per heavy atom. The molecule has 0 saturated carbocycles. The molecule has 1 aliphatic rings. The van der Waals surface area contributed by atoms with E-state index in [0.29, 0.717) is 11.5 Å². The maximum atomic E-state index is 5.49. The molecule has 3 heterocycles. The SMILES string of the molecule is COc1ccc(-c2cc3nccn3c(N3CCN(c4ccc(C)cc4)CC3)n2)cc1OC. The van der Waals surface area contributed by atoms with E-state index in [1.54, 1.807) is 14.2 Å². The zero-order valence-corrected chi connectivity index (χ0v) is 18.7. The van der Waals surface area contributed by atoms with Gasteiger partial charge >= 0.3 is 0 Å². The van der Waals surface area contributed by atoms with Crippen LogP contribution in [0.2, 0.25) is 0 Å². The number of fused-ring (bicyclic) bond motifs is 1. The van der Waals surface area contributed by atoms with Crippen LogP contribution in [0.25, 0.3) is 16.9 Å². The molecule has 2 aromatic heterocycles. The Morgan fingerprint density at radius 2 is 1.53 bits per heavy atom. The van der Waals surface area contributed by atoms with Crippen molar-refractivity contribution in [3.8, 4) is 22.8 Å². The van der Waals surface area contributed by atoms with E-state index in [1.165, 1.54) is 11.3 Å². The number of piperazine rings is 1. The molecule has 164 valence electrons. The first-order chi connectivity index (χ1) is 15.7. The zero-order valence-electron chi connectivity index (χ0n) is 18.7. The molecule has 1 saturated heterocycles. The average molecular weight is 430 g/mol. The molecule has 0 bridgehead atoms. The van der Waals surface area contributed by atoms with Gasteiger partial charge in [-0.25, -0.2) is 9.97 Å². The summed E-state index contributed by atoms with van der Waals surface area (Å²) in [6.07, 6.45) is 3.80. The van der Waals surface area contributed by atoms with Crippen LogP contribution in [0.1, 0.15) is 5.56 Å². The molecule has 1 aliphatic heterocycles. The van der Waals surface area contributed by atoms with Crippen molar-refractivity contribution < 1.29 is 9.47 Å². The Hall–Kier alpha value is -3.74. The van der Waals surface area contributed by atoms with Gasteiger partial charge in [0, 0.05) is 55.9 Å². The molecule has 7 heteroatoms. The molecule has 4 aromatic rings. The van der Waals surface area contributed by atoms with Crippen molar-refractivity contribution >= 4 is 17.3 Å². The van der Waals surface area contributed by atoms with Crippen LogP contribution in [0.3, 0.4) is 0 Å². The first-order valence-electron chi connectivity index (χ1n) is 10.8. The van der Waals surface area contributed by atoms with E-state index < -0.39 is 0 Å². The number of anilines is 2. The number of imidazole rings is 1. The highest BCUT2D eigenvalue weighted by atomic mass is 16.5. The summed E-state index contributed by atoms with van der Waals surface area (Å²) in [5.41, 5.74) is 5.26. The maximum absolute atomic E-state index is 5.49. The summed E-state index contributed by atoms with van der Waals surface area (Å²) < 4.78 is 12.9. The van der Waals surface area contributed by atoms with E-state index in [4.69, 9.17) is 14.5 Å². The van der Waals surface area contributed by atoms with Crippen LogP contribution in [0, 0.1) is 6.92 Å². The number of aromatic nitrogens is 3. The third-order valence-electron chi connectivity index (χ3n) is 6.01. The fraction of sp³-hybridized carbons (Fsp3) is 0.280. The largest absolute Gasteiger partial charge is 0.493 e. The van der Waals surface area contributed by atoms with E-state index in [1.807, 2.05) is 36.7 Å². The van der Waals surface area contributed by atoms with Crippen LogP contribution >= 0.6 is 0 Å². The molecule has 2 aromatic carbocycles. The van der Waals surface area contributed by atoms with Crippen molar-refractivity contribution in [2.45, 2.75) is 6.92 Å². The number of methoxy groups -OCH3 is 2. The molecule has 0 amide bonds. The quantitative estimate of drug-likeness (QED) is 0.477. The van der Waals surface area contributed by atoms with E-state index in [-0.39, 0.29) is 0 Å². The molecule has 0 spiro atoms. The molecular formula is C25H27N5O2. The first-order valence-corrected chi connectivity index (χ1v) is 10.8. The van der Waals surface area contributed by atoms with E-state index in [9.17, 15) is 0 Å². The zero-order chi connectivity index (χ0) is 22.1. The minimum absolute atomic E-state index is 0.684. The maximum Gasteiger partial charge on any atom is 0.212 e. The Balaban J connectivity index is 1.45. The van der Waals surface area contributed by atoms with E-state index in [2.05, 4.69) is 50.4 Å². The number of hydrogen-bond donors (Lipinski definition) is 0. The average Bonchev–Trinajstić information content (AvgIpc) is 3.32. The summed E-state index contributed by atoms with van der Waals surface area (Å²) in [7, 11) is 3.28. The number of benzene rings is 2. The molecule has 1 fully saturated rings. The third-order valence-corrected chi connectivity index (χ3v) is 6.01. The lowest BCUT2D eigenvalue weighted by molar-refractivity contribution is 0.355. The number of ether oxygens (including phenoxy) is 2. The van der Waals surface area contributed by atoms with Crippen LogP contribution in [0.15, 0.2) is 60.9 Å². The van der Waals surface area contributed by atoms with Gasteiger partial charge in [0.1, 0.15) is 5.65 Å². The van der Waals surface area contributed by atoms with Gasteiger partial charge in [0.2, 0.25) is 5.95 Å². The normalized spacial score (nSPS) is 14.1. The Morgan fingerprint density at radius 3 is 2.25 bits per heavy atom. The van der Waals surface area contributed by atoms with Gasteiger partial charge in [-0.05, 0) is 37.3 Å². The van der Waals surface area contributed by atoms with Crippen LogP contribution in [-0.4, -0.2) is 54.8 Å². The number of nitrogens with zero attached hydrogens (tertiary/aromatic N) is 5. The summed E-state index contributed by atoms with van der Waals surface area (Å²) in [5.74, 6) is 2.29. The summed E-state index contributed by atoms with van der Waals surface area (Å²) >= 11 is 0. The van der Waals surface area contributed by atoms with Crippen molar-refractivity contribution in [2.24, 2.45) is 0 Å². The first kappa shape index (κ1) is 20.2. The van der Waals surface area contributed by atoms with Crippen LogP contribution in [0.4, 0.5) is 11.6 Å². The van der Waals surface area contributed by atoms with E-state index >= 15 is 0 Å². The minimum Gasteiger partial charge on any atom is -0.493 e. The van der Waals surface area contributed by atoms with Gasteiger partial charge in [0.05, 0.1) is 19.9 Å². The summed E-state index contributed by atoms with van der Waals surface area (Å²) in [4.78, 5) is 14.3.